The third kappa shape index (κ3) is 3.60. The first-order chi connectivity index (χ1) is 8.04. The van der Waals surface area contributed by atoms with E-state index in [4.69, 9.17) is 11.5 Å². The topological polar surface area (TPSA) is 108 Å². The lowest BCUT2D eigenvalue weighted by atomic mass is 10.1. The number of ether oxygens (including phenoxy) is 1. The molecule has 0 spiro atoms. The molecular formula is C11H13N3O3. The molecule has 6 heteroatoms. The summed E-state index contributed by atoms with van der Waals surface area (Å²) in [5.41, 5.74) is 11.5. The van der Waals surface area contributed by atoms with Crippen molar-refractivity contribution in [2.45, 2.75) is 6.92 Å². The molecule has 0 unspecified atom stereocenters. The van der Waals surface area contributed by atoms with Crippen LogP contribution in [0.4, 0.5) is 4.79 Å². The Kier molecular flexibility index (Phi) is 4.21. The van der Waals surface area contributed by atoms with Crippen LogP contribution in [-0.2, 0) is 4.74 Å². The fourth-order valence-electron chi connectivity index (χ4n) is 1.12. The first-order valence-corrected chi connectivity index (χ1v) is 4.95. The van der Waals surface area contributed by atoms with E-state index in [1.54, 1.807) is 19.1 Å². The summed E-state index contributed by atoms with van der Waals surface area (Å²) in [6.07, 6.45) is -0.746. The molecule has 4 N–H and O–H groups in total. The van der Waals surface area contributed by atoms with Crippen LogP contribution in [0.1, 0.15) is 22.8 Å². The average molecular weight is 235 g/mol. The normalized spacial score (nSPS) is 11.0. The number of amides is 2. The summed E-state index contributed by atoms with van der Waals surface area (Å²) >= 11 is 0. The maximum absolute atomic E-state index is 11.0. The van der Waals surface area contributed by atoms with Crippen molar-refractivity contribution in [1.82, 2.24) is 0 Å². The Morgan fingerprint density at radius 3 is 2.18 bits per heavy atom. The van der Waals surface area contributed by atoms with Crippen molar-refractivity contribution in [3.05, 3.63) is 35.4 Å². The van der Waals surface area contributed by atoms with Gasteiger partial charge in [-0.15, -0.1) is 0 Å². The molecule has 0 aromatic heterocycles. The predicted octanol–water partition coefficient (Wildman–Crippen LogP) is 0.647. The van der Waals surface area contributed by atoms with Gasteiger partial charge in [-0.3, -0.25) is 4.79 Å². The van der Waals surface area contributed by atoms with Crippen LogP contribution >= 0.6 is 0 Å². The highest BCUT2D eigenvalue weighted by molar-refractivity contribution is 6.03. The van der Waals surface area contributed by atoms with Crippen molar-refractivity contribution in [3.63, 3.8) is 0 Å². The Morgan fingerprint density at radius 1 is 1.18 bits per heavy atom. The second-order valence-electron chi connectivity index (χ2n) is 3.14. The number of hydrogen-bond donors (Lipinski definition) is 2. The van der Waals surface area contributed by atoms with Gasteiger partial charge in [-0.05, 0) is 19.1 Å². The standard InChI is InChI=1S/C11H13N3O3/c1-2-17-11(16)14-9(12)7-3-5-8(6-4-7)10(13)15/h3-6H,2H2,1H3,(H2,13,15)(H2,12,14,16). The van der Waals surface area contributed by atoms with Crippen LogP contribution in [-0.4, -0.2) is 24.4 Å². The fraction of sp³-hybridized carbons (Fsp3) is 0.182. The highest BCUT2D eigenvalue weighted by Gasteiger charge is 2.05. The van der Waals surface area contributed by atoms with Crippen molar-refractivity contribution in [2.75, 3.05) is 6.61 Å². The van der Waals surface area contributed by atoms with E-state index in [1.165, 1.54) is 12.1 Å². The molecule has 0 fully saturated rings. The third-order valence-corrected chi connectivity index (χ3v) is 1.94. The van der Waals surface area contributed by atoms with Gasteiger partial charge in [-0.2, -0.15) is 4.99 Å². The van der Waals surface area contributed by atoms with Crippen molar-refractivity contribution >= 4 is 17.8 Å². The molecule has 0 aliphatic rings. The molecule has 0 saturated heterocycles. The molecule has 90 valence electrons. The summed E-state index contributed by atoms with van der Waals surface area (Å²) in [5.74, 6) is -0.503. The van der Waals surface area contributed by atoms with Gasteiger partial charge >= 0.3 is 6.09 Å². The summed E-state index contributed by atoms with van der Waals surface area (Å²) in [6, 6.07) is 6.12. The van der Waals surface area contributed by atoms with Gasteiger partial charge in [-0.1, -0.05) is 12.1 Å². The number of hydrogen-bond acceptors (Lipinski definition) is 3. The van der Waals surface area contributed by atoms with E-state index in [0.29, 0.717) is 11.1 Å². The second kappa shape index (κ2) is 5.64. The fourth-order valence-corrected chi connectivity index (χ4v) is 1.12. The van der Waals surface area contributed by atoms with E-state index in [2.05, 4.69) is 9.73 Å². The van der Waals surface area contributed by atoms with Crippen LogP contribution in [0.15, 0.2) is 29.3 Å². The minimum absolute atomic E-state index is 0.0273. The van der Waals surface area contributed by atoms with Gasteiger partial charge < -0.3 is 16.2 Å². The summed E-state index contributed by atoms with van der Waals surface area (Å²) in [5, 5.41) is 0. The van der Waals surface area contributed by atoms with E-state index in [1.807, 2.05) is 0 Å². The van der Waals surface area contributed by atoms with E-state index in [0.717, 1.165) is 0 Å². The van der Waals surface area contributed by atoms with Gasteiger partial charge in [-0.25, -0.2) is 4.79 Å². The molecule has 0 bridgehead atoms. The Morgan fingerprint density at radius 2 is 1.71 bits per heavy atom. The van der Waals surface area contributed by atoms with Gasteiger partial charge in [0.25, 0.3) is 0 Å². The maximum Gasteiger partial charge on any atom is 0.435 e. The number of nitrogens with zero attached hydrogens (tertiary/aromatic N) is 1. The van der Waals surface area contributed by atoms with Gasteiger partial charge in [0.1, 0.15) is 5.84 Å². The minimum atomic E-state index is -0.746. The molecule has 0 radical (unpaired) electrons. The van der Waals surface area contributed by atoms with Gasteiger partial charge in [0, 0.05) is 11.1 Å². The Hall–Kier alpha value is -2.37. The first-order valence-electron chi connectivity index (χ1n) is 4.95. The van der Waals surface area contributed by atoms with Gasteiger partial charge in [0.05, 0.1) is 6.61 Å². The molecule has 0 heterocycles. The molecule has 6 nitrogen and oxygen atoms in total. The monoisotopic (exact) mass is 235 g/mol. The number of nitrogens with two attached hydrogens (primary N) is 2. The highest BCUT2D eigenvalue weighted by Crippen LogP contribution is 2.04. The van der Waals surface area contributed by atoms with E-state index < -0.39 is 12.0 Å². The summed E-state index contributed by atoms with van der Waals surface area (Å²) < 4.78 is 4.62. The molecule has 17 heavy (non-hydrogen) atoms. The van der Waals surface area contributed by atoms with Gasteiger partial charge in [0.15, 0.2) is 0 Å². The van der Waals surface area contributed by atoms with Crippen LogP contribution in [0.25, 0.3) is 0 Å². The Labute approximate surface area is 98.3 Å². The van der Waals surface area contributed by atoms with E-state index in [-0.39, 0.29) is 12.4 Å². The molecule has 2 amide bonds. The third-order valence-electron chi connectivity index (χ3n) is 1.94. The van der Waals surface area contributed by atoms with Crippen LogP contribution in [0.5, 0.6) is 0 Å². The lowest BCUT2D eigenvalue weighted by Crippen LogP contribution is -2.17. The summed E-state index contributed by atoms with van der Waals surface area (Å²) in [7, 11) is 0. The van der Waals surface area contributed by atoms with E-state index in [9.17, 15) is 9.59 Å². The Balaban J connectivity index is 2.86. The number of amidine groups is 1. The lowest BCUT2D eigenvalue weighted by Gasteiger charge is -2.01. The quantitative estimate of drug-likeness (QED) is 0.592. The number of aliphatic imine (C=N–C) groups is 1. The largest absolute Gasteiger partial charge is 0.448 e. The zero-order valence-corrected chi connectivity index (χ0v) is 9.34. The van der Waals surface area contributed by atoms with Crippen molar-refractivity contribution in [1.29, 1.82) is 0 Å². The number of carbonyl (C=O) groups excluding carboxylic acids is 2. The summed E-state index contributed by atoms with van der Waals surface area (Å²) in [6.45, 7) is 1.90. The second-order valence-corrected chi connectivity index (χ2v) is 3.14. The molecule has 0 atom stereocenters. The van der Waals surface area contributed by atoms with Gasteiger partial charge in [0.2, 0.25) is 5.91 Å². The maximum atomic E-state index is 11.0. The zero-order chi connectivity index (χ0) is 12.8. The van der Waals surface area contributed by atoms with Crippen LogP contribution in [0.3, 0.4) is 0 Å². The van der Waals surface area contributed by atoms with Crippen molar-refractivity contribution in [2.24, 2.45) is 16.5 Å². The van der Waals surface area contributed by atoms with Crippen LogP contribution in [0, 0.1) is 0 Å². The van der Waals surface area contributed by atoms with Crippen LogP contribution < -0.4 is 11.5 Å². The SMILES string of the molecule is CCOC(=O)N=C(N)c1ccc(C(N)=O)cc1. The number of primary amides is 1. The minimum Gasteiger partial charge on any atom is -0.448 e. The molecule has 1 aromatic rings. The number of benzene rings is 1. The molecule has 0 saturated carbocycles. The Bertz CT molecular complexity index is 452. The molecular weight excluding hydrogens is 222 g/mol. The summed E-state index contributed by atoms with van der Waals surface area (Å²) in [4.78, 5) is 25.4. The number of rotatable bonds is 3. The van der Waals surface area contributed by atoms with Crippen LogP contribution in [0.2, 0.25) is 0 Å². The van der Waals surface area contributed by atoms with Crippen molar-refractivity contribution in [3.8, 4) is 0 Å². The molecule has 1 rings (SSSR count). The molecule has 0 aliphatic heterocycles. The number of carbonyl (C=O) groups is 2. The first kappa shape index (κ1) is 12.7. The average Bonchev–Trinajstić information content (AvgIpc) is 2.29. The van der Waals surface area contributed by atoms with Crippen molar-refractivity contribution < 1.29 is 14.3 Å². The smallest absolute Gasteiger partial charge is 0.435 e. The molecule has 1 aromatic carbocycles. The molecule has 0 aliphatic carbocycles. The highest BCUT2D eigenvalue weighted by atomic mass is 16.5. The predicted molar refractivity (Wildman–Crippen MR) is 62.7 cm³/mol. The zero-order valence-electron chi connectivity index (χ0n) is 9.34. The van der Waals surface area contributed by atoms with E-state index >= 15 is 0 Å². The lowest BCUT2D eigenvalue weighted by molar-refractivity contribution is 0.1000.